The lowest BCUT2D eigenvalue weighted by Crippen LogP contribution is -2.02. The second-order valence-corrected chi connectivity index (χ2v) is 4.78. The van der Waals surface area contributed by atoms with Crippen molar-refractivity contribution >= 4 is 11.6 Å². The lowest BCUT2D eigenvalue weighted by molar-refractivity contribution is 0.181. The van der Waals surface area contributed by atoms with Gasteiger partial charge in [0, 0.05) is 13.5 Å². The number of hydrogen-bond donors (Lipinski definition) is 0. The molecule has 0 aliphatic rings. The van der Waals surface area contributed by atoms with Crippen molar-refractivity contribution in [3.05, 3.63) is 46.5 Å². The van der Waals surface area contributed by atoms with Crippen molar-refractivity contribution in [2.45, 2.75) is 13.0 Å². The van der Waals surface area contributed by atoms with E-state index in [-0.39, 0.29) is 0 Å². The number of ether oxygens (including phenoxy) is 3. The van der Waals surface area contributed by atoms with Crippen molar-refractivity contribution in [2.24, 2.45) is 0 Å². The molecule has 1 aromatic heterocycles. The molecule has 0 spiro atoms. The van der Waals surface area contributed by atoms with E-state index in [1.165, 1.54) is 0 Å². The quantitative estimate of drug-likeness (QED) is 0.768. The third-order valence-electron chi connectivity index (χ3n) is 2.90. The van der Waals surface area contributed by atoms with Crippen molar-refractivity contribution in [1.29, 1.82) is 0 Å². The molecule has 0 bridgehead atoms. The molecular weight excluding hydrogens is 292 g/mol. The molecule has 0 N–H and O–H groups in total. The minimum absolute atomic E-state index is 0.404. The molecule has 112 valence electrons. The molecule has 0 unspecified atom stereocenters. The minimum atomic E-state index is 0.404. The number of halogens is 1. The van der Waals surface area contributed by atoms with Crippen LogP contribution >= 0.6 is 11.6 Å². The Balaban J connectivity index is 2.25. The zero-order valence-electron chi connectivity index (χ0n) is 12.2. The molecule has 1 aromatic carbocycles. The number of methoxy groups -OCH3 is 3. The Labute approximate surface area is 128 Å². The smallest absolute Gasteiger partial charge is 0.161 e. The van der Waals surface area contributed by atoms with Crippen LogP contribution in [0, 0.1) is 0 Å². The average molecular weight is 309 g/mol. The lowest BCUT2D eigenvalue weighted by atomic mass is 10.1. The van der Waals surface area contributed by atoms with Gasteiger partial charge >= 0.3 is 0 Å². The molecule has 0 aliphatic carbocycles. The number of aromatic nitrogens is 2. The Bertz CT molecular complexity index is 620. The van der Waals surface area contributed by atoms with Gasteiger partial charge in [-0.2, -0.15) is 0 Å². The number of nitrogens with zero attached hydrogens (tertiary/aromatic N) is 2. The van der Waals surface area contributed by atoms with Gasteiger partial charge < -0.3 is 14.2 Å². The van der Waals surface area contributed by atoms with Crippen LogP contribution in [0.4, 0.5) is 0 Å². The summed E-state index contributed by atoms with van der Waals surface area (Å²) < 4.78 is 15.6. The van der Waals surface area contributed by atoms with Crippen molar-refractivity contribution in [1.82, 2.24) is 9.97 Å². The standard InChI is InChI=1S/C15H17ClN2O3/c1-19-9-11-8-14(16)18-15(17-11)7-10-4-5-12(20-2)13(6-10)21-3/h4-6,8H,7,9H2,1-3H3. The van der Waals surface area contributed by atoms with E-state index in [0.29, 0.717) is 35.5 Å². The highest BCUT2D eigenvalue weighted by Crippen LogP contribution is 2.28. The Morgan fingerprint density at radius 3 is 2.43 bits per heavy atom. The van der Waals surface area contributed by atoms with Crippen LogP contribution in [-0.4, -0.2) is 31.3 Å². The van der Waals surface area contributed by atoms with Crippen LogP contribution in [0.1, 0.15) is 17.1 Å². The third kappa shape index (κ3) is 4.06. The first-order valence-electron chi connectivity index (χ1n) is 6.38. The van der Waals surface area contributed by atoms with Crippen molar-refractivity contribution in [3.8, 4) is 11.5 Å². The first-order valence-corrected chi connectivity index (χ1v) is 6.76. The lowest BCUT2D eigenvalue weighted by Gasteiger charge is -2.09. The highest BCUT2D eigenvalue weighted by atomic mass is 35.5. The van der Waals surface area contributed by atoms with Gasteiger partial charge in [0.25, 0.3) is 0 Å². The van der Waals surface area contributed by atoms with Crippen LogP contribution in [0.5, 0.6) is 11.5 Å². The molecular formula is C15H17ClN2O3. The number of hydrogen-bond acceptors (Lipinski definition) is 5. The molecule has 1 heterocycles. The largest absolute Gasteiger partial charge is 0.493 e. The molecule has 21 heavy (non-hydrogen) atoms. The van der Waals surface area contributed by atoms with E-state index in [9.17, 15) is 0 Å². The first kappa shape index (κ1) is 15.5. The van der Waals surface area contributed by atoms with Crippen molar-refractivity contribution in [2.75, 3.05) is 21.3 Å². The van der Waals surface area contributed by atoms with E-state index in [1.807, 2.05) is 18.2 Å². The second kappa shape index (κ2) is 7.24. The SMILES string of the molecule is COCc1cc(Cl)nc(Cc2ccc(OC)c(OC)c2)n1. The van der Waals surface area contributed by atoms with Crippen LogP contribution in [0.2, 0.25) is 5.15 Å². The third-order valence-corrected chi connectivity index (χ3v) is 3.09. The van der Waals surface area contributed by atoms with Crippen molar-refractivity contribution < 1.29 is 14.2 Å². The predicted molar refractivity (Wildman–Crippen MR) is 80.1 cm³/mol. The summed E-state index contributed by atoms with van der Waals surface area (Å²) >= 11 is 6.01. The Hall–Kier alpha value is -1.85. The van der Waals surface area contributed by atoms with Gasteiger partial charge in [0.05, 0.1) is 26.5 Å². The zero-order valence-corrected chi connectivity index (χ0v) is 13.0. The van der Waals surface area contributed by atoms with Crippen molar-refractivity contribution in [3.63, 3.8) is 0 Å². The summed E-state index contributed by atoms with van der Waals surface area (Å²) in [5.74, 6) is 2.00. The fourth-order valence-corrected chi connectivity index (χ4v) is 2.21. The maximum Gasteiger partial charge on any atom is 0.161 e. The summed E-state index contributed by atoms with van der Waals surface area (Å²) in [7, 11) is 4.83. The highest BCUT2D eigenvalue weighted by Gasteiger charge is 2.08. The van der Waals surface area contributed by atoms with Crippen LogP contribution in [0.25, 0.3) is 0 Å². The Morgan fingerprint density at radius 2 is 1.76 bits per heavy atom. The molecule has 0 amide bonds. The van der Waals surface area contributed by atoms with E-state index >= 15 is 0 Å². The van der Waals surface area contributed by atoms with Gasteiger partial charge in [-0.15, -0.1) is 0 Å². The maximum atomic E-state index is 6.01. The summed E-state index contributed by atoms with van der Waals surface area (Å²) in [5, 5.41) is 0.410. The number of benzene rings is 1. The average Bonchev–Trinajstić information content (AvgIpc) is 2.46. The molecule has 2 rings (SSSR count). The summed E-state index contributed by atoms with van der Waals surface area (Å²) in [6.45, 7) is 0.404. The van der Waals surface area contributed by atoms with E-state index in [4.69, 9.17) is 25.8 Å². The second-order valence-electron chi connectivity index (χ2n) is 4.40. The molecule has 0 fully saturated rings. The van der Waals surface area contributed by atoms with Crippen LogP contribution < -0.4 is 9.47 Å². The molecule has 2 aromatic rings. The summed E-state index contributed by atoms with van der Waals surface area (Å²) in [6, 6.07) is 7.40. The summed E-state index contributed by atoms with van der Waals surface area (Å²) in [6.07, 6.45) is 0.553. The number of rotatable bonds is 6. The van der Waals surface area contributed by atoms with Crippen LogP contribution in [0.15, 0.2) is 24.3 Å². The molecule has 5 nitrogen and oxygen atoms in total. The van der Waals surface area contributed by atoms with E-state index < -0.39 is 0 Å². The molecule has 0 atom stereocenters. The van der Waals surface area contributed by atoms with E-state index in [0.717, 1.165) is 11.3 Å². The Morgan fingerprint density at radius 1 is 1.00 bits per heavy atom. The Kier molecular flexibility index (Phi) is 5.36. The summed E-state index contributed by atoms with van der Waals surface area (Å²) in [5.41, 5.74) is 1.77. The molecule has 6 heteroatoms. The monoisotopic (exact) mass is 308 g/mol. The maximum absolute atomic E-state index is 6.01. The van der Waals surface area contributed by atoms with Gasteiger partial charge in [0.1, 0.15) is 11.0 Å². The fourth-order valence-electron chi connectivity index (χ4n) is 1.99. The molecule has 0 radical (unpaired) electrons. The zero-order chi connectivity index (χ0) is 15.2. The minimum Gasteiger partial charge on any atom is -0.493 e. The van der Waals surface area contributed by atoms with E-state index in [2.05, 4.69) is 9.97 Å². The van der Waals surface area contributed by atoms with Crippen LogP contribution in [0.3, 0.4) is 0 Å². The first-order chi connectivity index (χ1) is 10.2. The predicted octanol–water partition coefficient (Wildman–Crippen LogP) is 2.88. The molecule has 0 saturated carbocycles. The fraction of sp³-hybridized carbons (Fsp3) is 0.333. The summed E-state index contributed by atoms with van der Waals surface area (Å²) in [4.78, 5) is 8.66. The molecule has 0 aliphatic heterocycles. The van der Waals surface area contributed by atoms with Crippen LogP contribution in [-0.2, 0) is 17.8 Å². The van der Waals surface area contributed by atoms with Gasteiger partial charge in [-0.05, 0) is 23.8 Å². The normalized spacial score (nSPS) is 10.5. The van der Waals surface area contributed by atoms with E-state index in [1.54, 1.807) is 27.4 Å². The van der Waals surface area contributed by atoms with Gasteiger partial charge in [-0.3, -0.25) is 0 Å². The molecule has 0 saturated heterocycles. The van der Waals surface area contributed by atoms with Gasteiger partial charge in [0.2, 0.25) is 0 Å². The topological polar surface area (TPSA) is 53.5 Å². The highest BCUT2D eigenvalue weighted by molar-refractivity contribution is 6.29. The van der Waals surface area contributed by atoms with Gasteiger partial charge in [-0.1, -0.05) is 17.7 Å². The van der Waals surface area contributed by atoms with Gasteiger partial charge in [0.15, 0.2) is 11.5 Å². The van der Waals surface area contributed by atoms with Gasteiger partial charge in [-0.25, -0.2) is 9.97 Å².